The lowest BCUT2D eigenvalue weighted by Gasteiger charge is -2.36. The van der Waals surface area contributed by atoms with Gasteiger partial charge in [0.1, 0.15) is 0 Å². The lowest BCUT2D eigenvalue weighted by Crippen LogP contribution is -2.44. The maximum atomic E-state index is 12.8. The summed E-state index contributed by atoms with van der Waals surface area (Å²) >= 11 is 1.79. The Bertz CT molecular complexity index is 568. The van der Waals surface area contributed by atoms with Crippen molar-refractivity contribution < 1.29 is 14.7 Å². The van der Waals surface area contributed by atoms with Gasteiger partial charge < -0.3 is 10.0 Å². The predicted molar refractivity (Wildman–Crippen MR) is 86.1 cm³/mol. The zero-order valence-corrected chi connectivity index (χ0v) is 13.8. The van der Waals surface area contributed by atoms with Gasteiger partial charge in [-0.25, -0.2) is 0 Å². The second kappa shape index (κ2) is 6.41. The minimum absolute atomic E-state index is 0.128. The van der Waals surface area contributed by atoms with Gasteiger partial charge in [-0.15, -0.1) is 11.3 Å². The number of piperidine rings is 1. The van der Waals surface area contributed by atoms with Crippen molar-refractivity contribution in [3.63, 3.8) is 0 Å². The van der Waals surface area contributed by atoms with E-state index in [2.05, 4.69) is 19.1 Å². The summed E-state index contributed by atoms with van der Waals surface area (Å²) in [6.45, 7) is 2.90. The third-order valence-corrected chi connectivity index (χ3v) is 5.97. The number of carbonyl (C=O) groups is 2. The monoisotopic (exact) mass is 321 g/mol. The quantitative estimate of drug-likeness (QED) is 0.904. The maximum Gasteiger partial charge on any atom is 0.303 e. The maximum absolute atomic E-state index is 12.8. The fourth-order valence-corrected chi connectivity index (χ4v) is 4.58. The Morgan fingerprint density at radius 1 is 1.36 bits per heavy atom. The number of carboxylic acid groups (broad SMARTS) is 1. The smallest absolute Gasteiger partial charge is 0.303 e. The van der Waals surface area contributed by atoms with Crippen LogP contribution in [-0.2, 0) is 9.59 Å². The molecular weight excluding hydrogens is 298 g/mol. The number of aryl methyl sites for hydroxylation is 1. The molecule has 120 valence electrons. The molecule has 22 heavy (non-hydrogen) atoms. The molecule has 1 aliphatic heterocycles. The van der Waals surface area contributed by atoms with E-state index in [1.54, 1.807) is 11.3 Å². The largest absolute Gasteiger partial charge is 0.481 e. The number of nitrogens with zero attached hydrogens (tertiary/aromatic N) is 1. The second-order valence-electron chi connectivity index (χ2n) is 6.51. The van der Waals surface area contributed by atoms with Crippen LogP contribution in [0.1, 0.15) is 54.2 Å². The van der Waals surface area contributed by atoms with Crippen LogP contribution in [0.5, 0.6) is 0 Å². The summed E-state index contributed by atoms with van der Waals surface area (Å²) in [5.74, 6) is 0.0131. The van der Waals surface area contributed by atoms with E-state index in [-0.39, 0.29) is 24.3 Å². The standard InChI is InChI=1S/C17H23NO3S/c1-11-5-7-15(22-11)13-10-14(13)17(21)18-9-3-2-4-12(18)6-8-16(19)20/h5,7,12-14H,2-4,6,8-10H2,1H3,(H,19,20)/t12-,13-,14-/m1/s1. The van der Waals surface area contributed by atoms with Crippen molar-refractivity contribution in [1.82, 2.24) is 4.90 Å². The molecule has 0 unspecified atom stereocenters. The fraction of sp³-hybridized carbons (Fsp3) is 0.647. The summed E-state index contributed by atoms with van der Waals surface area (Å²) in [5, 5.41) is 8.88. The Balaban J connectivity index is 1.62. The summed E-state index contributed by atoms with van der Waals surface area (Å²) in [7, 11) is 0. The molecule has 0 spiro atoms. The van der Waals surface area contributed by atoms with E-state index in [9.17, 15) is 9.59 Å². The number of aliphatic carboxylic acids is 1. The molecule has 1 aromatic heterocycles. The molecule has 1 aliphatic carbocycles. The van der Waals surface area contributed by atoms with Gasteiger partial charge in [-0.05, 0) is 51.2 Å². The summed E-state index contributed by atoms with van der Waals surface area (Å²) in [5.41, 5.74) is 0. The molecule has 1 amide bonds. The van der Waals surface area contributed by atoms with Crippen LogP contribution < -0.4 is 0 Å². The van der Waals surface area contributed by atoms with Gasteiger partial charge in [0, 0.05) is 40.6 Å². The fourth-order valence-electron chi connectivity index (χ4n) is 3.53. The minimum atomic E-state index is -0.767. The molecule has 2 fully saturated rings. The molecule has 3 atom stereocenters. The van der Waals surface area contributed by atoms with E-state index >= 15 is 0 Å². The van der Waals surface area contributed by atoms with Crippen molar-refractivity contribution in [2.24, 2.45) is 5.92 Å². The highest BCUT2D eigenvalue weighted by Crippen LogP contribution is 2.51. The molecule has 2 aliphatic rings. The van der Waals surface area contributed by atoms with Crippen LogP contribution in [0.2, 0.25) is 0 Å². The Kier molecular flexibility index (Phi) is 4.52. The zero-order valence-electron chi connectivity index (χ0n) is 13.0. The van der Waals surface area contributed by atoms with E-state index in [1.807, 2.05) is 4.90 Å². The SMILES string of the molecule is Cc1ccc([C@@H]2C[C@H]2C(=O)N2CCCC[C@@H]2CCC(=O)O)s1. The lowest BCUT2D eigenvalue weighted by molar-refractivity contribution is -0.140. The van der Waals surface area contributed by atoms with Crippen LogP contribution in [0.15, 0.2) is 12.1 Å². The molecule has 0 radical (unpaired) electrons. The normalized spacial score (nSPS) is 27.7. The van der Waals surface area contributed by atoms with Gasteiger partial charge in [0.25, 0.3) is 0 Å². The van der Waals surface area contributed by atoms with Gasteiger partial charge in [0.2, 0.25) is 5.91 Å². The summed E-state index contributed by atoms with van der Waals surface area (Å²) < 4.78 is 0. The number of amides is 1. The number of thiophene rings is 1. The molecule has 0 aromatic carbocycles. The summed E-state index contributed by atoms with van der Waals surface area (Å²) in [6.07, 6.45) is 4.82. The number of likely N-dealkylation sites (tertiary alicyclic amines) is 1. The third kappa shape index (κ3) is 3.35. The highest BCUT2D eigenvalue weighted by Gasteiger charge is 2.47. The first kappa shape index (κ1) is 15.5. The van der Waals surface area contributed by atoms with E-state index < -0.39 is 5.97 Å². The van der Waals surface area contributed by atoms with Crippen LogP contribution in [0.4, 0.5) is 0 Å². The van der Waals surface area contributed by atoms with E-state index in [4.69, 9.17) is 5.11 Å². The van der Waals surface area contributed by atoms with Gasteiger partial charge >= 0.3 is 5.97 Å². The van der Waals surface area contributed by atoms with Crippen molar-refractivity contribution in [1.29, 1.82) is 0 Å². The van der Waals surface area contributed by atoms with Gasteiger partial charge in [-0.2, -0.15) is 0 Å². The molecule has 1 saturated carbocycles. The van der Waals surface area contributed by atoms with Crippen LogP contribution in [0, 0.1) is 12.8 Å². The number of hydrogen-bond donors (Lipinski definition) is 1. The Morgan fingerprint density at radius 3 is 2.86 bits per heavy atom. The average molecular weight is 321 g/mol. The zero-order chi connectivity index (χ0) is 15.7. The molecule has 1 N–H and O–H groups in total. The number of rotatable bonds is 5. The molecular formula is C17H23NO3S. The molecule has 2 heterocycles. The van der Waals surface area contributed by atoms with Crippen LogP contribution in [0.3, 0.4) is 0 Å². The third-order valence-electron chi connectivity index (χ3n) is 4.84. The molecule has 1 aromatic rings. The van der Waals surface area contributed by atoms with Crippen LogP contribution >= 0.6 is 11.3 Å². The summed E-state index contributed by atoms with van der Waals surface area (Å²) in [4.78, 5) is 28.2. The van der Waals surface area contributed by atoms with Crippen molar-refractivity contribution in [3.8, 4) is 0 Å². The number of hydrogen-bond acceptors (Lipinski definition) is 3. The van der Waals surface area contributed by atoms with Gasteiger partial charge in [-0.1, -0.05) is 0 Å². The van der Waals surface area contributed by atoms with E-state index in [0.29, 0.717) is 12.3 Å². The first-order valence-corrected chi connectivity index (χ1v) is 8.96. The Labute approximate surface area is 135 Å². The van der Waals surface area contributed by atoms with Crippen LogP contribution in [0.25, 0.3) is 0 Å². The molecule has 0 bridgehead atoms. The summed E-state index contributed by atoms with van der Waals surface area (Å²) in [6, 6.07) is 4.40. The first-order valence-electron chi connectivity index (χ1n) is 8.15. The topological polar surface area (TPSA) is 57.6 Å². The second-order valence-corrected chi connectivity index (χ2v) is 7.83. The van der Waals surface area contributed by atoms with Crippen molar-refractivity contribution in [2.75, 3.05) is 6.54 Å². The molecule has 1 saturated heterocycles. The van der Waals surface area contributed by atoms with Gasteiger partial charge in [0.05, 0.1) is 0 Å². The van der Waals surface area contributed by atoms with Gasteiger partial charge in [0.15, 0.2) is 0 Å². The average Bonchev–Trinajstić information content (AvgIpc) is 3.19. The predicted octanol–water partition coefficient (Wildman–Crippen LogP) is 3.41. The van der Waals surface area contributed by atoms with Gasteiger partial charge in [-0.3, -0.25) is 9.59 Å². The molecule has 5 heteroatoms. The van der Waals surface area contributed by atoms with E-state index in [0.717, 1.165) is 32.2 Å². The first-order chi connectivity index (χ1) is 10.6. The number of carbonyl (C=O) groups excluding carboxylic acids is 1. The van der Waals surface area contributed by atoms with Crippen LogP contribution in [-0.4, -0.2) is 34.5 Å². The van der Waals surface area contributed by atoms with Crippen molar-refractivity contribution in [3.05, 3.63) is 21.9 Å². The van der Waals surface area contributed by atoms with Crippen molar-refractivity contribution in [2.45, 2.75) is 57.4 Å². The Morgan fingerprint density at radius 2 is 2.18 bits per heavy atom. The number of carboxylic acids is 1. The molecule has 3 rings (SSSR count). The van der Waals surface area contributed by atoms with Crippen molar-refractivity contribution >= 4 is 23.2 Å². The highest BCUT2D eigenvalue weighted by molar-refractivity contribution is 7.12. The lowest BCUT2D eigenvalue weighted by atomic mass is 9.97. The minimum Gasteiger partial charge on any atom is -0.481 e. The van der Waals surface area contributed by atoms with E-state index in [1.165, 1.54) is 9.75 Å². The highest BCUT2D eigenvalue weighted by atomic mass is 32.1. The Hall–Kier alpha value is -1.36. The molecule has 4 nitrogen and oxygen atoms in total.